The third-order valence-corrected chi connectivity index (χ3v) is 13.4. The SMILES string of the molecule is CCCCCCCCCCCCCCCCCCCCCC(=O)OCCCCCCCCCCCCCCCCCCC(=O)NC(CO)C(O)CCCCCCCCCCCC. The second kappa shape index (κ2) is 52.5. The summed E-state index contributed by atoms with van der Waals surface area (Å²) >= 11 is 0. The van der Waals surface area contributed by atoms with Crippen LogP contribution in [0, 0.1) is 0 Å². The fourth-order valence-corrected chi connectivity index (χ4v) is 9.05. The number of carbonyl (C=O) groups excluding carboxylic acids is 2. The number of esters is 1. The molecule has 0 aliphatic heterocycles. The lowest BCUT2D eigenvalue weighted by molar-refractivity contribution is -0.143. The number of amides is 1. The van der Waals surface area contributed by atoms with Gasteiger partial charge in [-0.15, -0.1) is 0 Å². The molecule has 370 valence electrons. The van der Waals surface area contributed by atoms with Gasteiger partial charge in [-0.3, -0.25) is 9.59 Å². The average Bonchev–Trinajstić information content (AvgIpc) is 3.27. The second-order valence-electron chi connectivity index (χ2n) is 19.6. The summed E-state index contributed by atoms with van der Waals surface area (Å²) in [6, 6.07) is -0.543. The average molecular weight is 879 g/mol. The molecule has 0 heterocycles. The minimum absolute atomic E-state index is 0.00848. The molecule has 0 saturated heterocycles. The Morgan fingerprint density at radius 2 is 0.661 bits per heavy atom. The molecule has 0 aromatic carbocycles. The van der Waals surface area contributed by atoms with Gasteiger partial charge in [0.05, 0.1) is 25.4 Å². The van der Waals surface area contributed by atoms with Crippen LogP contribution < -0.4 is 5.32 Å². The predicted octanol–water partition coefficient (Wildman–Crippen LogP) is 17.1. The molecule has 0 fully saturated rings. The lowest BCUT2D eigenvalue weighted by Crippen LogP contribution is -2.45. The number of ether oxygens (including phenoxy) is 1. The van der Waals surface area contributed by atoms with E-state index < -0.39 is 12.1 Å². The summed E-state index contributed by atoms with van der Waals surface area (Å²) < 4.78 is 5.49. The van der Waals surface area contributed by atoms with Crippen LogP contribution in [0.25, 0.3) is 0 Å². The number of aliphatic hydroxyl groups is 2. The summed E-state index contributed by atoms with van der Waals surface area (Å²) in [5, 5.41) is 23.1. The van der Waals surface area contributed by atoms with E-state index in [1.807, 2.05) is 0 Å². The largest absolute Gasteiger partial charge is 0.466 e. The van der Waals surface area contributed by atoms with Gasteiger partial charge in [-0.2, -0.15) is 0 Å². The van der Waals surface area contributed by atoms with Gasteiger partial charge in [0, 0.05) is 12.8 Å². The third-order valence-electron chi connectivity index (χ3n) is 13.4. The molecule has 0 bridgehead atoms. The standard InChI is InChI=1S/C56H111NO5/c1-3-5-7-9-11-13-15-16-17-18-19-20-24-27-30-34-38-42-46-50-56(61)62-51-47-43-39-35-31-28-25-22-21-23-26-29-33-37-41-45-49-55(60)57-53(52-58)54(59)48-44-40-36-32-14-12-10-8-6-4-2/h53-54,58-59H,3-52H2,1-2H3,(H,57,60). The maximum Gasteiger partial charge on any atom is 0.305 e. The van der Waals surface area contributed by atoms with E-state index in [2.05, 4.69) is 19.2 Å². The minimum Gasteiger partial charge on any atom is -0.466 e. The van der Waals surface area contributed by atoms with Gasteiger partial charge in [-0.25, -0.2) is 0 Å². The molecule has 0 aromatic heterocycles. The van der Waals surface area contributed by atoms with E-state index in [1.54, 1.807) is 0 Å². The van der Waals surface area contributed by atoms with Crippen molar-refractivity contribution in [3.05, 3.63) is 0 Å². The molecule has 0 aliphatic carbocycles. The molecule has 2 unspecified atom stereocenters. The molecule has 2 atom stereocenters. The fraction of sp³-hybridized carbons (Fsp3) is 0.964. The molecule has 0 aliphatic rings. The summed E-state index contributed by atoms with van der Waals surface area (Å²) in [5.74, 6) is -0.0332. The van der Waals surface area contributed by atoms with Gasteiger partial charge in [-0.05, 0) is 25.7 Å². The molecule has 3 N–H and O–H groups in total. The molecule has 0 aromatic rings. The molecule has 1 amide bonds. The molecule has 0 rings (SSSR count). The Bertz CT molecular complexity index is 882. The highest BCUT2D eigenvalue weighted by Crippen LogP contribution is 2.18. The van der Waals surface area contributed by atoms with Crippen molar-refractivity contribution < 1.29 is 24.5 Å². The molecular formula is C56H111NO5. The first kappa shape index (κ1) is 60.9. The summed E-state index contributed by atoms with van der Waals surface area (Å²) in [7, 11) is 0. The summed E-state index contributed by atoms with van der Waals surface area (Å²) in [5.41, 5.74) is 0. The van der Waals surface area contributed by atoms with E-state index in [0.717, 1.165) is 38.5 Å². The van der Waals surface area contributed by atoms with Crippen LogP contribution in [0.3, 0.4) is 0 Å². The van der Waals surface area contributed by atoms with Gasteiger partial charge in [0.15, 0.2) is 0 Å². The number of hydrogen-bond acceptors (Lipinski definition) is 5. The van der Waals surface area contributed by atoms with Crippen molar-refractivity contribution in [3.63, 3.8) is 0 Å². The van der Waals surface area contributed by atoms with Crippen LogP contribution in [0.2, 0.25) is 0 Å². The quantitative estimate of drug-likeness (QED) is 0.0418. The van der Waals surface area contributed by atoms with Gasteiger partial charge in [0.25, 0.3) is 0 Å². The van der Waals surface area contributed by atoms with Crippen molar-refractivity contribution in [1.82, 2.24) is 5.32 Å². The first-order valence-corrected chi connectivity index (χ1v) is 28.3. The Morgan fingerprint density at radius 1 is 0.387 bits per heavy atom. The van der Waals surface area contributed by atoms with Gasteiger partial charge in [0.2, 0.25) is 5.91 Å². The number of unbranched alkanes of at least 4 members (excludes halogenated alkanes) is 42. The van der Waals surface area contributed by atoms with Gasteiger partial charge in [-0.1, -0.05) is 284 Å². The maximum atomic E-state index is 12.4. The summed E-state index contributed by atoms with van der Waals surface area (Å²) in [4.78, 5) is 24.5. The molecule has 6 heteroatoms. The highest BCUT2D eigenvalue weighted by atomic mass is 16.5. The second-order valence-corrected chi connectivity index (χ2v) is 19.6. The van der Waals surface area contributed by atoms with E-state index in [9.17, 15) is 19.8 Å². The monoisotopic (exact) mass is 878 g/mol. The van der Waals surface area contributed by atoms with Gasteiger partial charge >= 0.3 is 5.97 Å². The van der Waals surface area contributed by atoms with Crippen LogP contribution in [0.4, 0.5) is 0 Å². The molecule has 62 heavy (non-hydrogen) atoms. The number of rotatable bonds is 53. The Morgan fingerprint density at radius 3 is 0.984 bits per heavy atom. The van der Waals surface area contributed by atoms with Crippen LogP contribution in [-0.2, 0) is 14.3 Å². The van der Waals surface area contributed by atoms with Crippen molar-refractivity contribution in [2.75, 3.05) is 13.2 Å². The Hall–Kier alpha value is -1.14. The number of hydrogen-bond donors (Lipinski definition) is 3. The third kappa shape index (κ3) is 48.3. The highest BCUT2D eigenvalue weighted by Gasteiger charge is 2.20. The van der Waals surface area contributed by atoms with Crippen molar-refractivity contribution in [2.24, 2.45) is 0 Å². The van der Waals surface area contributed by atoms with E-state index in [-0.39, 0.29) is 18.5 Å². The van der Waals surface area contributed by atoms with Gasteiger partial charge < -0.3 is 20.3 Å². The molecule has 0 radical (unpaired) electrons. The Kier molecular flexibility index (Phi) is 51.5. The molecular weight excluding hydrogens is 767 g/mol. The normalized spacial score (nSPS) is 12.5. The Labute approximate surface area is 387 Å². The smallest absolute Gasteiger partial charge is 0.305 e. The number of aliphatic hydroxyl groups excluding tert-OH is 2. The van der Waals surface area contributed by atoms with Crippen LogP contribution in [0.15, 0.2) is 0 Å². The van der Waals surface area contributed by atoms with E-state index in [0.29, 0.717) is 25.9 Å². The zero-order valence-corrected chi connectivity index (χ0v) is 42.1. The van der Waals surface area contributed by atoms with Crippen molar-refractivity contribution >= 4 is 11.9 Å². The summed E-state index contributed by atoms with van der Waals surface area (Å²) in [6.45, 7) is 4.95. The number of nitrogens with one attached hydrogen (secondary N) is 1. The minimum atomic E-state index is -0.665. The molecule has 0 saturated carbocycles. The first-order chi connectivity index (χ1) is 30.5. The first-order valence-electron chi connectivity index (χ1n) is 28.3. The highest BCUT2D eigenvalue weighted by molar-refractivity contribution is 5.76. The fourth-order valence-electron chi connectivity index (χ4n) is 9.05. The van der Waals surface area contributed by atoms with Crippen LogP contribution in [0.5, 0.6) is 0 Å². The van der Waals surface area contributed by atoms with E-state index in [4.69, 9.17) is 4.74 Å². The van der Waals surface area contributed by atoms with Crippen molar-refractivity contribution in [1.29, 1.82) is 0 Å². The van der Waals surface area contributed by atoms with Gasteiger partial charge in [0.1, 0.15) is 0 Å². The Balaban J connectivity index is 3.35. The zero-order chi connectivity index (χ0) is 45.1. The van der Waals surface area contributed by atoms with Crippen LogP contribution >= 0.6 is 0 Å². The molecule has 6 nitrogen and oxygen atoms in total. The predicted molar refractivity (Wildman–Crippen MR) is 269 cm³/mol. The van der Waals surface area contributed by atoms with Crippen LogP contribution in [-0.4, -0.2) is 47.4 Å². The van der Waals surface area contributed by atoms with E-state index >= 15 is 0 Å². The lowest BCUT2D eigenvalue weighted by Gasteiger charge is -2.22. The lowest BCUT2D eigenvalue weighted by atomic mass is 10.0. The summed E-state index contributed by atoms with van der Waals surface area (Å²) in [6.07, 6.45) is 59.5. The van der Waals surface area contributed by atoms with Crippen molar-refractivity contribution in [2.45, 2.75) is 334 Å². The van der Waals surface area contributed by atoms with Crippen LogP contribution in [0.1, 0.15) is 322 Å². The van der Waals surface area contributed by atoms with E-state index in [1.165, 1.54) is 250 Å². The maximum absolute atomic E-state index is 12.4. The number of carbonyl (C=O) groups is 2. The zero-order valence-electron chi connectivity index (χ0n) is 42.1. The topological polar surface area (TPSA) is 95.9 Å². The molecule has 0 spiro atoms. The van der Waals surface area contributed by atoms with Crippen molar-refractivity contribution in [3.8, 4) is 0 Å².